The summed E-state index contributed by atoms with van der Waals surface area (Å²) in [4.78, 5) is 39.4. The Morgan fingerprint density at radius 2 is 1.63 bits per heavy atom. The molecule has 1 atom stereocenters. The molecular formula is C27H32N2O6. The third kappa shape index (κ3) is 4.75. The summed E-state index contributed by atoms with van der Waals surface area (Å²) in [5, 5.41) is 12.5. The molecule has 35 heavy (non-hydrogen) atoms. The summed E-state index contributed by atoms with van der Waals surface area (Å²) in [6, 6.07) is 15.2. The number of alkyl carbamates (subject to hydrolysis) is 1. The number of benzene rings is 2. The molecule has 0 saturated heterocycles. The largest absolute Gasteiger partial charge is 0.479 e. The number of likely N-dealkylation sites (N-methyl/N-ethyl adjacent to an activating group) is 1. The third-order valence-electron chi connectivity index (χ3n) is 7.35. The molecule has 2 amide bonds. The third-order valence-corrected chi connectivity index (χ3v) is 7.35. The molecule has 8 nitrogen and oxygen atoms in total. The van der Waals surface area contributed by atoms with E-state index < -0.39 is 29.6 Å². The van der Waals surface area contributed by atoms with Crippen molar-refractivity contribution in [2.24, 2.45) is 0 Å². The Balaban J connectivity index is 1.45. The number of carbonyl (C=O) groups excluding carboxylic acids is 2. The normalized spacial score (nSPS) is 16.7. The second kappa shape index (κ2) is 10.5. The minimum absolute atomic E-state index is 0.0993. The SMILES string of the molecule is COCCC(NC(=O)OCC1c2ccccc2-c2ccccc21)C(=O)N(C)C1(C(=O)O)CCCC1. The van der Waals surface area contributed by atoms with E-state index in [9.17, 15) is 19.5 Å². The van der Waals surface area contributed by atoms with Crippen LogP contribution in [0.3, 0.4) is 0 Å². The highest BCUT2D eigenvalue weighted by Gasteiger charge is 2.48. The molecule has 1 saturated carbocycles. The number of carbonyl (C=O) groups is 3. The lowest BCUT2D eigenvalue weighted by atomic mass is 9.94. The molecule has 1 fully saturated rings. The zero-order valence-corrected chi connectivity index (χ0v) is 20.2. The van der Waals surface area contributed by atoms with Gasteiger partial charge in [-0.3, -0.25) is 4.79 Å². The van der Waals surface area contributed by atoms with E-state index in [4.69, 9.17) is 9.47 Å². The molecule has 186 valence electrons. The molecule has 0 spiro atoms. The number of hydrogen-bond acceptors (Lipinski definition) is 5. The predicted octanol–water partition coefficient (Wildman–Crippen LogP) is 3.79. The summed E-state index contributed by atoms with van der Waals surface area (Å²) in [6.45, 7) is 0.355. The first-order valence-electron chi connectivity index (χ1n) is 12.0. The van der Waals surface area contributed by atoms with Gasteiger partial charge in [-0.2, -0.15) is 0 Å². The van der Waals surface area contributed by atoms with Crippen molar-refractivity contribution in [1.29, 1.82) is 0 Å². The van der Waals surface area contributed by atoms with Gasteiger partial charge in [-0.15, -0.1) is 0 Å². The lowest BCUT2D eigenvalue weighted by Gasteiger charge is -2.37. The molecule has 0 aromatic heterocycles. The number of nitrogens with zero attached hydrogens (tertiary/aromatic N) is 1. The average Bonchev–Trinajstić information content (AvgIpc) is 3.49. The number of ether oxygens (including phenoxy) is 2. The van der Waals surface area contributed by atoms with Crippen LogP contribution in [0.15, 0.2) is 48.5 Å². The maximum absolute atomic E-state index is 13.3. The fraction of sp³-hybridized carbons (Fsp3) is 0.444. The highest BCUT2D eigenvalue weighted by atomic mass is 16.5. The summed E-state index contributed by atoms with van der Waals surface area (Å²) < 4.78 is 10.7. The van der Waals surface area contributed by atoms with Crippen LogP contribution in [0.5, 0.6) is 0 Å². The molecule has 0 aliphatic heterocycles. The molecule has 2 aliphatic carbocycles. The van der Waals surface area contributed by atoms with Gasteiger partial charge < -0.3 is 24.8 Å². The maximum atomic E-state index is 13.3. The van der Waals surface area contributed by atoms with Crippen molar-refractivity contribution in [2.45, 2.75) is 49.6 Å². The molecule has 0 heterocycles. The number of aliphatic carboxylic acids is 1. The summed E-state index contributed by atoms with van der Waals surface area (Å²) in [6.07, 6.45) is 1.77. The van der Waals surface area contributed by atoms with Gasteiger partial charge in [0.1, 0.15) is 18.2 Å². The molecule has 2 N–H and O–H groups in total. The number of fused-ring (bicyclic) bond motifs is 3. The van der Waals surface area contributed by atoms with Crippen LogP contribution in [0, 0.1) is 0 Å². The van der Waals surface area contributed by atoms with Crippen LogP contribution >= 0.6 is 0 Å². The van der Waals surface area contributed by atoms with Crippen molar-refractivity contribution in [3.05, 3.63) is 59.7 Å². The number of carboxylic acids is 1. The van der Waals surface area contributed by atoms with Gasteiger partial charge in [0.2, 0.25) is 5.91 Å². The summed E-state index contributed by atoms with van der Waals surface area (Å²) in [7, 11) is 3.01. The van der Waals surface area contributed by atoms with Gasteiger partial charge >= 0.3 is 12.1 Å². The molecule has 2 aromatic rings. The number of methoxy groups -OCH3 is 1. The smallest absolute Gasteiger partial charge is 0.407 e. The van der Waals surface area contributed by atoms with Gasteiger partial charge in [0.15, 0.2) is 0 Å². The lowest BCUT2D eigenvalue weighted by molar-refractivity contribution is -0.158. The van der Waals surface area contributed by atoms with Crippen LogP contribution in [-0.4, -0.2) is 66.9 Å². The van der Waals surface area contributed by atoms with Crippen molar-refractivity contribution in [3.8, 4) is 11.1 Å². The Morgan fingerprint density at radius 3 is 2.17 bits per heavy atom. The summed E-state index contributed by atoms with van der Waals surface area (Å²) in [5.74, 6) is -1.57. The molecule has 0 bridgehead atoms. The van der Waals surface area contributed by atoms with E-state index >= 15 is 0 Å². The maximum Gasteiger partial charge on any atom is 0.407 e. The Hall–Kier alpha value is -3.39. The number of amides is 2. The quantitative estimate of drug-likeness (QED) is 0.566. The van der Waals surface area contributed by atoms with Gasteiger partial charge in [-0.1, -0.05) is 61.4 Å². The minimum atomic E-state index is -1.24. The molecule has 8 heteroatoms. The van der Waals surface area contributed by atoms with E-state index in [2.05, 4.69) is 17.4 Å². The van der Waals surface area contributed by atoms with Crippen LogP contribution in [-0.2, 0) is 19.1 Å². The van der Waals surface area contributed by atoms with E-state index in [1.165, 1.54) is 19.1 Å². The highest BCUT2D eigenvalue weighted by molar-refractivity contribution is 5.91. The van der Waals surface area contributed by atoms with Gasteiger partial charge in [-0.25, -0.2) is 9.59 Å². The van der Waals surface area contributed by atoms with Crippen LogP contribution < -0.4 is 5.32 Å². The molecule has 0 radical (unpaired) electrons. The van der Waals surface area contributed by atoms with Crippen molar-refractivity contribution in [2.75, 3.05) is 27.4 Å². The van der Waals surface area contributed by atoms with E-state index in [0.29, 0.717) is 12.8 Å². The lowest BCUT2D eigenvalue weighted by Crippen LogP contribution is -2.59. The van der Waals surface area contributed by atoms with Gasteiger partial charge in [0.05, 0.1) is 0 Å². The fourth-order valence-electron chi connectivity index (χ4n) is 5.37. The molecule has 1 unspecified atom stereocenters. The van der Waals surface area contributed by atoms with Crippen LogP contribution in [0.25, 0.3) is 11.1 Å². The van der Waals surface area contributed by atoms with Crippen LogP contribution in [0.1, 0.15) is 49.1 Å². The van der Waals surface area contributed by atoms with Crippen molar-refractivity contribution in [1.82, 2.24) is 10.2 Å². The topological polar surface area (TPSA) is 105 Å². The standard InChI is InChI=1S/C27H32N2O6/c1-29(27(25(31)32)14-7-8-15-27)24(30)23(13-16-34-2)28-26(33)35-17-22-20-11-5-3-9-18(20)19-10-4-6-12-21(19)22/h3-6,9-12,22-23H,7-8,13-17H2,1-2H3,(H,28,33)(H,31,32). The fourth-order valence-corrected chi connectivity index (χ4v) is 5.37. The Bertz CT molecular complexity index is 1050. The second-order valence-electron chi connectivity index (χ2n) is 9.25. The zero-order chi connectivity index (χ0) is 25.0. The summed E-state index contributed by atoms with van der Waals surface area (Å²) >= 11 is 0. The molecular weight excluding hydrogens is 448 g/mol. The monoisotopic (exact) mass is 480 g/mol. The van der Waals surface area contributed by atoms with Gasteiger partial charge in [0, 0.05) is 33.1 Å². The number of rotatable bonds is 9. The first-order valence-corrected chi connectivity index (χ1v) is 12.0. The first-order chi connectivity index (χ1) is 16.9. The zero-order valence-electron chi connectivity index (χ0n) is 20.2. The predicted molar refractivity (Wildman–Crippen MR) is 130 cm³/mol. The first kappa shape index (κ1) is 24.7. The number of hydrogen-bond donors (Lipinski definition) is 2. The minimum Gasteiger partial charge on any atom is -0.479 e. The van der Waals surface area contributed by atoms with E-state index in [-0.39, 0.29) is 25.6 Å². The van der Waals surface area contributed by atoms with E-state index in [1.807, 2.05) is 36.4 Å². The van der Waals surface area contributed by atoms with Crippen molar-refractivity contribution < 1.29 is 29.0 Å². The van der Waals surface area contributed by atoms with Gasteiger partial charge in [0.25, 0.3) is 0 Å². The Kier molecular flexibility index (Phi) is 7.40. The second-order valence-corrected chi connectivity index (χ2v) is 9.25. The highest BCUT2D eigenvalue weighted by Crippen LogP contribution is 2.44. The van der Waals surface area contributed by atoms with Crippen LogP contribution in [0.2, 0.25) is 0 Å². The molecule has 2 aliphatic rings. The molecule has 4 rings (SSSR count). The average molecular weight is 481 g/mol. The van der Waals surface area contributed by atoms with Crippen molar-refractivity contribution >= 4 is 18.0 Å². The summed E-state index contributed by atoms with van der Waals surface area (Å²) in [5.41, 5.74) is 3.20. The van der Waals surface area contributed by atoms with Crippen molar-refractivity contribution in [3.63, 3.8) is 0 Å². The van der Waals surface area contributed by atoms with Crippen LogP contribution in [0.4, 0.5) is 4.79 Å². The molecule has 2 aromatic carbocycles. The Labute approximate surface area is 205 Å². The van der Waals surface area contributed by atoms with E-state index in [0.717, 1.165) is 35.1 Å². The number of nitrogens with one attached hydrogen (secondary N) is 1. The Morgan fingerprint density at radius 1 is 1.06 bits per heavy atom. The van der Waals surface area contributed by atoms with E-state index in [1.54, 1.807) is 0 Å². The van der Waals surface area contributed by atoms with Gasteiger partial charge in [-0.05, 0) is 35.1 Å². The number of carboxylic acid groups (broad SMARTS) is 1.